The smallest absolute Gasteiger partial charge is 0.255 e. The van der Waals surface area contributed by atoms with Crippen molar-refractivity contribution in [1.29, 1.82) is 0 Å². The van der Waals surface area contributed by atoms with E-state index in [1.165, 1.54) is 10.9 Å². The SMILES string of the molecule is CCOc1ccc2ccccc2c1C(=O)NCCn1ccc2ccccc21. The summed E-state index contributed by atoms with van der Waals surface area (Å²) < 4.78 is 7.86. The first-order chi connectivity index (χ1) is 13.3. The predicted molar refractivity (Wildman–Crippen MR) is 109 cm³/mol. The van der Waals surface area contributed by atoms with Gasteiger partial charge in [-0.05, 0) is 41.3 Å². The van der Waals surface area contributed by atoms with Gasteiger partial charge in [0.1, 0.15) is 5.75 Å². The molecule has 0 radical (unpaired) electrons. The Balaban J connectivity index is 1.55. The quantitative estimate of drug-likeness (QED) is 0.546. The molecular weight excluding hydrogens is 336 g/mol. The van der Waals surface area contributed by atoms with Gasteiger partial charge in [0.2, 0.25) is 0 Å². The van der Waals surface area contributed by atoms with Crippen molar-refractivity contribution in [2.75, 3.05) is 13.2 Å². The summed E-state index contributed by atoms with van der Waals surface area (Å²) in [5.74, 6) is 0.520. The van der Waals surface area contributed by atoms with Crippen molar-refractivity contribution in [2.45, 2.75) is 13.5 Å². The van der Waals surface area contributed by atoms with Gasteiger partial charge in [-0.1, -0.05) is 48.5 Å². The number of benzene rings is 3. The number of carbonyl (C=O) groups is 1. The van der Waals surface area contributed by atoms with Gasteiger partial charge >= 0.3 is 0 Å². The maximum Gasteiger partial charge on any atom is 0.255 e. The van der Waals surface area contributed by atoms with Crippen molar-refractivity contribution >= 4 is 27.6 Å². The Morgan fingerprint density at radius 1 is 0.963 bits per heavy atom. The Hall–Kier alpha value is -3.27. The van der Waals surface area contributed by atoms with Crippen LogP contribution in [0.1, 0.15) is 17.3 Å². The second-order valence-corrected chi connectivity index (χ2v) is 6.42. The summed E-state index contributed by atoms with van der Waals surface area (Å²) in [7, 11) is 0. The minimum absolute atomic E-state index is 0.105. The van der Waals surface area contributed by atoms with Gasteiger partial charge in [0.15, 0.2) is 0 Å². The van der Waals surface area contributed by atoms with Gasteiger partial charge in [-0.15, -0.1) is 0 Å². The number of hydrogen-bond acceptors (Lipinski definition) is 2. The van der Waals surface area contributed by atoms with Crippen molar-refractivity contribution < 1.29 is 9.53 Å². The molecule has 1 aromatic heterocycles. The Bertz CT molecular complexity index is 1100. The number of rotatable bonds is 6. The molecule has 1 N–H and O–H groups in total. The molecule has 0 aliphatic rings. The lowest BCUT2D eigenvalue weighted by atomic mass is 10.0. The van der Waals surface area contributed by atoms with Gasteiger partial charge in [-0.3, -0.25) is 4.79 Å². The number of aromatic nitrogens is 1. The van der Waals surface area contributed by atoms with Crippen LogP contribution in [0.25, 0.3) is 21.7 Å². The number of nitrogens with one attached hydrogen (secondary N) is 1. The van der Waals surface area contributed by atoms with Crippen molar-refractivity contribution in [3.8, 4) is 5.75 Å². The third kappa shape index (κ3) is 3.38. The molecule has 136 valence electrons. The van der Waals surface area contributed by atoms with Crippen LogP contribution in [0.4, 0.5) is 0 Å². The maximum atomic E-state index is 12.9. The first-order valence-corrected chi connectivity index (χ1v) is 9.24. The van der Waals surface area contributed by atoms with E-state index in [-0.39, 0.29) is 5.91 Å². The number of ether oxygens (including phenoxy) is 1. The zero-order chi connectivity index (χ0) is 18.6. The Kier molecular flexibility index (Phi) is 4.79. The molecule has 0 saturated carbocycles. The Morgan fingerprint density at radius 3 is 2.59 bits per heavy atom. The number of para-hydroxylation sites is 1. The van der Waals surface area contributed by atoms with E-state index in [1.54, 1.807) is 0 Å². The first kappa shape index (κ1) is 17.2. The molecular formula is C23H22N2O2. The molecule has 4 heteroatoms. The highest BCUT2D eigenvalue weighted by atomic mass is 16.5. The highest BCUT2D eigenvalue weighted by molar-refractivity contribution is 6.09. The highest BCUT2D eigenvalue weighted by Gasteiger charge is 2.16. The maximum absolute atomic E-state index is 12.9. The molecule has 0 atom stereocenters. The van der Waals surface area contributed by atoms with Crippen LogP contribution in [0.2, 0.25) is 0 Å². The molecule has 0 saturated heterocycles. The molecule has 27 heavy (non-hydrogen) atoms. The molecule has 1 amide bonds. The fourth-order valence-electron chi connectivity index (χ4n) is 3.48. The average molecular weight is 358 g/mol. The summed E-state index contributed by atoms with van der Waals surface area (Å²) in [6.07, 6.45) is 2.06. The summed E-state index contributed by atoms with van der Waals surface area (Å²) in [4.78, 5) is 12.9. The molecule has 1 heterocycles. The fraction of sp³-hybridized carbons (Fsp3) is 0.174. The lowest BCUT2D eigenvalue weighted by Gasteiger charge is -2.14. The van der Waals surface area contributed by atoms with Crippen LogP contribution in [0.3, 0.4) is 0 Å². The second-order valence-electron chi connectivity index (χ2n) is 6.42. The zero-order valence-corrected chi connectivity index (χ0v) is 15.3. The minimum atomic E-state index is -0.105. The molecule has 4 aromatic rings. The van der Waals surface area contributed by atoms with Crippen LogP contribution in [-0.4, -0.2) is 23.6 Å². The van der Waals surface area contributed by atoms with Gasteiger partial charge < -0.3 is 14.6 Å². The van der Waals surface area contributed by atoms with Crippen molar-refractivity contribution in [3.05, 3.63) is 78.5 Å². The fourth-order valence-corrected chi connectivity index (χ4v) is 3.48. The summed E-state index contributed by atoms with van der Waals surface area (Å²) in [5.41, 5.74) is 1.78. The molecule has 3 aromatic carbocycles. The summed E-state index contributed by atoms with van der Waals surface area (Å²) in [6.45, 7) is 3.71. The van der Waals surface area contributed by atoms with E-state index in [0.717, 1.165) is 10.8 Å². The third-order valence-corrected chi connectivity index (χ3v) is 4.74. The monoisotopic (exact) mass is 358 g/mol. The Morgan fingerprint density at radius 2 is 1.74 bits per heavy atom. The second kappa shape index (κ2) is 7.54. The zero-order valence-electron chi connectivity index (χ0n) is 15.3. The first-order valence-electron chi connectivity index (χ1n) is 9.24. The summed E-state index contributed by atoms with van der Waals surface area (Å²) in [5, 5.41) is 6.20. The van der Waals surface area contributed by atoms with E-state index in [2.05, 4.69) is 34.3 Å². The van der Waals surface area contributed by atoms with E-state index in [9.17, 15) is 4.79 Å². The van der Waals surface area contributed by atoms with Crippen molar-refractivity contribution in [1.82, 2.24) is 9.88 Å². The lowest BCUT2D eigenvalue weighted by Crippen LogP contribution is -2.27. The van der Waals surface area contributed by atoms with Gasteiger partial charge in [0.25, 0.3) is 5.91 Å². The van der Waals surface area contributed by atoms with Gasteiger partial charge in [-0.25, -0.2) is 0 Å². The van der Waals surface area contributed by atoms with Gasteiger partial charge in [0.05, 0.1) is 12.2 Å². The highest BCUT2D eigenvalue weighted by Crippen LogP contribution is 2.28. The largest absolute Gasteiger partial charge is 0.493 e. The molecule has 0 fully saturated rings. The van der Waals surface area contributed by atoms with Crippen LogP contribution in [-0.2, 0) is 6.54 Å². The van der Waals surface area contributed by atoms with E-state index >= 15 is 0 Å². The molecule has 0 aliphatic heterocycles. The lowest BCUT2D eigenvalue weighted by molar-refractivity contribution is 0.0950. The number of carbonyl (C=O) groups excluding carboxylic acids is 1. The molecule has 0 bridgehead atoms. The molecule has 0 aliphatic carbocycles. The standard InChI is InChI=1S/C23H22N2O2/c1-2-27-21-12-11-17-7-3-5-9-19(17)22(21)23(26)24-14-16-25-15-13-18-8-4-6-10-20(18)25/h3-13,15H,2,14,16H2,1H3,(H,24,26). The molecule has 4 nitrogen and oxygen atoms in total. The average Bonchev–Trinajstić information content (AvgIpc) is 3.11. The van der Waals surface area contributed by atoms with E-state index in [4.69, 9.17) is 4.74 Å². The Labute approximate surface area is 158 Å². The van der Waals surface area contributed by atoms with E-state index < -0.39 is 0 Å². The predicted octanol–water partition coefficient (Wildman–Crippen LogP) is 4.62. The summed E-state index contributed by atoms with van der Waals surface area (Å²) >= 11 is 0. The van der Waals surface area contributed by atoms with Crippen LogP contribution in [0.5, 0.6) is 5.75 Å². The van der Waals surface area contributed by atoms with Crippen LogP contribution in [0, 0.1) is 0 Å². The topological polar surface area (TPSA) is 43.3 Å². The normalized spacial score (nSPS) is 11.0. The number of fused-ring (bicyclic) bond motifs is 2. The van der Waals surface area contributed by atoms with Crippen LogP contribution in [0.15, 0.2) is 72.9 Å². The molecule has 0 unspecified atom stereocenters. The number of hydrogen-bond donors (Lipinski definition) is 1. The van der Waals surface area contributed by atoms with E-state index in [1.807, 2.05) is 55.5 Å². The van der Waals surface area contributed by atoms with Gasteiger partial charge in [-0.2, -0.15) is 0 Å². The van der Waals surface area contributed by atoms with Crippen LogP contribution < -0.4 is 10.1 Å². The number of amides is 1. The number of nitrogens with zero attached hydrogens (tertiary/aromatic N) is 1. The molecule has 4 rings (SSSR count). The van der Waals surface area contributed by atoms with Crippen molar-refractivity contribution in [2.24, 2.45) is 0 Å². The van der Waals surface area contributed by atoms with Crippen molar-refractivity contribution in [3.63, 3.8) is 0 Å². The summed E-state index contributed by atoms with van der Waals surface area (Å²) in [6, 6.07) is 22.1. The van der Waals surface area contributed by atoms with Gasteiger partial charge in [0, 0.05) is 24.8 Å². The molecule has 0 spiro atoms. The van der Waals surface area contributed by atoms with Crippen LogP contribution >= 0.6 is 0 Å². The third-order valence-electron chi connectivity index (χ3n) is 4.74. The minimum Gasteiger partial charge on any atom is -0.493 e. The van der Waals surface area contributed by atoms with E-state index in [0.29, 0.717) is 31.0 Å².